The maximum absolute atomic E-state index is 7.76. The normalized spacial score (nSPS) is 11.6. The van der Waals surface area contributed by atoms with E-state index in [-0.39, 0.29) is 0 Å². The van der Waals surface area contributed by atoms with E-state index in [1.807, 2.05) is 24.3 Å². The minimum Gasteiger partial charge on any atom is -0.238 e. The summed E-state index contributed by atoms with van der Waals surface area (Å²) in [5.41, 5.74) is 3.70. The molecule has 0 fully saturated rings. The smallest absolute Gasteiger partial charge is 0.194 e. The van der Waals surface area contributed by atoms with Crippen LogP contribution in [0.3, 0.4) is 0 Å². The second kappa shape index (κ2) is 7.53. The van der Waals surface area contributed by atoms with Gasteiger partial charge in [-0.2, -0.15) is 0 Å². The van der Waals surface area contributed by atoms with Gasteiger partial charge in [0.2, 0.25) is 0 Å². The molecule has 0 aliphatic heterocycles. The van der Waals surface area contributed by atoms with Gasteiger partial charge in [0.15, 0.2) is 11.4 Å². The molecule has 0 saturated heterocycles. The molecule has 0 heterocycles. The van der Waals surface area contributed by atoms with E-state index < -0.39 is 0 Å². The predicted molar refractivity (Wildman–Crippen MR) is 161 cm³/mol. The largest absolute Gasteiger partial charge is 0.238 e. The Morgan fingerprint density at radius 3 is 1.61 bits per heavy atom. The molecule has 2 nitrogen and oxygen atoms in total. The molecule has 0 radical (unpaired) electrons. The first-order valence-corrected chi connectivity index (χ1v) is 12.6. The highest BCUT2D eigenvalue weighted by molar-refractivity contribution is 6.41. The molecule has 0 unspecified atom stereocenters. The Hall–Kier alpha value is -5.44. The molecule has 0 aliphatic carbocycles. The average Bonchev–Trinajstić information content (AvgIpc) is 2.98. The van der Waals surface area contributed by atoms with Gasteiger partial charge < -0.3 is 0 Å². The summed E-state index contributed by atoms with van der Waals surface area (Å²) < 4.78 is 0. The summed E-state index contributed by atoms with van der Waals surface area (Å²) >= 11 is 0. The number of fused-ring (bicyclic) bond motifs is 5. The molecule has 8 rings (SSSR count). The average molecular weight is 479 g/mol. The van der Waals surface area contributed by atoms with E-state index >= 15 is 0 Å². The number of hydrogen-bond donors (Lipinski definition) is 0. The Morgan fingerprint density at radius 1 is 0.342 bits per heavy atom. The SMILES string of the molecule is [C-]#[N+]c1ccc(-c2c3ccccc3c3c4ccc([N+]#[C-])c5cccc(c6cccc2c63)c54)c2ccccc12. The standard InChI is InChI=1S/C36H18N2/c1-37-31-19-17-27(21-9-3-4-10-22(21)31)33-23-11-5-6-12-25(23)36-30-18-20-32(38-2)28-15-7-13-24(34(28)30)26-14-8-16-29(33)35(26)36/h3-20H. The van der Waals surface area contributed by atoms with Crippen molar-refractivity contribution in [2.24, 2.45) is 0 Å². The van der Waals surface area contributed by atoms with Crippen LogP contribution in [0.25, 0.3) is 85.5 Å². The van der Waals surface area contributed by atoms with Crippen molar-refractivity contribution in [3.63, 3.8) is 0 Å². The van der Waals surface area contributed by atoms with Crippen LogP contribution in [0.15, 0.2) is 109 Å². The van der Waals surface area contributed by atoms with E-state index in [0.29, 0.717) is 11.4 Å². The molecule has 0 aliphatic rings. The van der Waals surface area contributed by atoms with Crippen LogP contribution in [0.4, 0.5) is 11.4 Å². The Bertz CT molecular complexity index is 2360. The number of hydrogen-bond acceptors (Lipinski definition) is 0. The Balaban J connectivity index is 1.69. The summed E-state index contributed by atoms with van der Waals surface area (Å²) in [6, 6.07) is 38.0. The fourth-order valence-electron chi connectivity index (χ4n) is 6.54. The van der Waals surface area contributed by atoms with E-state index in [1.165, 1.54) is 48.7 Å². The highest BCUT2D eigenvalue weighted by Gasteiger charge is 2.21. The van der Waals surface area contributed by atoms with Crippen LogP contribution in [-0.4, -0.2) is 0 Å². The van der Waals surface area contributed by atoms with Gasteiger partial charge in [0.05, 0.1) is 13.1 Å². The molecule has 0 N–H and O–H groups in total. The van der Waals surface area contributed by atoms with Crippen molar-refractivity contribution in [1.82, 2.24) is 0 Å². The van der Waals surface area contributed by atoms with E-state index in [0.717, 1.165) is 27.1 Å². The molecule has 2 heteroatoms. The lowest BCUT2D eigenvalue weighted by molar-refractivity contribution is 1.72. The molecule has 8 aromatic rings. The minimum absolute atomic E-state index is 0.674. The first kappa shape index (κ1) is 20.7. The molecular weight excluding hydrogens is 460 g/mol. The predicted octanol–water partition coefficient (Wildman–Crippen LogP) is 10.8. The Labute approximate surface area is 218 Å². The molecule has 0 bridgehead atoms. The highest BCUT2D eigenvalue weighted by Crippen LogP contribution is 2.50. The molecular formula is C36H18N2. The van der Waals surface area contributed by atoms with Crippen LogP contribution in [0.1, 0.15) is 0 Å². The van der Waals surface area contributed by atoms with Crippen LogP contribution in [0.2, 0.25) is 0 Å². The number of benzene rings is 8. The Kier molecular flexibility index (Phi) is 4.11. The third-order valence-corrected chi connectivity index (χ3v) is 8.04. The van der Waals surface area contributed by atoms with Gasteiger partial charge in [-0.1, -0.05) is 109 Å². The van der Waals surface area contributed by atoms with Crippen molar-refractivity contribution in [3.05, 3.63) is 132 Å². The van der Waals surface area contributed by atoms with Crippen molar-refractivity contribution in [3.8, 4) is 11.1 Å². The zero-order valence-electron chi connectivity index (χ0n) is 20.3. The van der Waals surface area contributed by atoms with Crippen LogP contribution < -0.4 is 0 Å². The van der Waals surface area contributed by atoms with Crippen molar-refractivity contribution < 1.29 is 0 Å². The maximum atomic E-state index is 7.76. The molecule has 0 saturated carbocycles. The number of rotatable bonds is 1. The van der Waals surface area contributed by atoms with E-state index in [9.17, 15) is 0 Å². The summed E-state index contributed by atoms with van der Waals surface area (Å²) in [6.45, 7) is 15.5. The highest BCUT2D eigenvalue weighted by atomic mass is 14.6. The van der Waals surface area contributed by atoms with Crippen molar-refractivity contribution in [1.29, 1.82) is 0 Å². The van der Waals surface area contributed by atoms with Gasteiger partial charge in [0, 0.05) is 0 Å². The lowest BCUT2D eigenvalue weighted by Gasteiger charge is -2.21. The maximum Gasteiger partial charge on any atom is 0.194 e. The fourth-order valence-corrected chi connectivity index (χ4v) is 6.54. The molecule has 0 amide bonds. The summed E-state index contributed by atoms with van der Waals surface area (Å²) in [5, 5.41) is 13.9. The van der Waals surface area contributed by atoms with Crippen LogP contribution in [-0.2, 0) is 0 Å². The monoisotopic (exact) mass is 478 g/mol. The first-order valence-electron chi connectivity index (χ1n) is 12.6. The first-order chi connectivity index (χ1) is 18.8. The lowest BCUT2D eigenvalue weighted by Crippen LogP contribution is -1.92. The summed E-state index contributed by atoms with van der Waals surface area (Å²) in [4.78, 5) is 7.63. The molecule has 0 spiro atoms. The quantitative estimate of drug-likeness (QED) is 0.126. The van der Waals surface area contributed by atoms with Gasteiger partial charge in [0.1, 0.15) is 0 Å². The second-order valence-electron chi connectivity index (χ2n) is 9.79. The van der Waals surface area contributed by atoms with Gasteiger partial charge in [-0.3, -0.25) is 0 Å². The molecule has 0 aromatic heterocycles. The minimum atomic E-state index is 0.674. The van der Waals surface area contributed by atoms with E-state index in [2.05, 4.69) is 94.6 Å². The summed E-state index contributed by atoms with van der Waals surface area (Å²) in [6.07, 6.45) is 0. The topological polar surface area (TPSA) is 8.72 Å². The zero-order chi connectivity index (χ0) is 25.4. The van der Waals surface area contributed by atoms with Crippen LogP contribution >= 0.6 is 0 Å². The Morgan fingerprint density at radius 2 is 0.842 bits per heavy atom. The van der Waals surface area contributed by atoms with E-state index in [1.54, 1.807) is 0 Å². The molecule has 38 heavy (non-hydrogen) atoms. The van der Waals surface area contributed by atoms with Crippen molar-refractivity contribution in [2.45, 2.75) is 0 Å². The van der Waals surface area contributed by atoms with Crippen molar-refractivity contribution in [2.75, 3.05) is 0 Å². The third kappa shape index (κ3) is 2.54. The number of nitrogens with zero attached hydrogens (tertiary/aromatic N) is 2. The van der Waals surface area contributed by atoms with Gasteiger partial charge in [-0.25, -0.2) is 9.69 Å². The van der Waals surface area contributed by atoms with Crippen LogP contribution in [0.5, 0.6) is 0 Å². The van der Waals surface area contributed by atoms with Crippen LogP contribution in [0, 0.1) is 13.1 Å². The van der Waals surface area contributed by atoms with E-state index in [4.69, 9.17) is 13.1 Å². The zero-order valence-corrected chi connectivity index (χ0v) is 20.3. The van der Waals surface area contributed by atoms with Gasteiger partial charge in [-0.15, -0.1) is 0 Å². The van der Waals surface area contributed by atoms with Crippen molar-refractivity contribution >= 4 is 76.0 Å². The molecule has 0 atom stereocenters. The molecule has 8 aromatic carbocycles. The third-order valence-electron chi connectivity index (χ3n) is 8.04. The fraction of sp³-hybridized carbons (Fsp3) is 0. The summed E-state index contributed by atoms with van der Waals surface area (Å²) in [5.74, 6) is 0. The molecule has 172 valence electrons. The van der Waals surface area contributed by atoms with Gasteiger partial charge >= 0.3 is 0 Å². The second-order valence-corrected chi connectivity index (χ2v) is 9.79. The lowest BCUT2D eigenvalue weighted by atomic mass is 9.82. The van der Waals surface area contributed by atoms with Gasteiger partial charge in [0.25, 0.3) is 0 Å². The summed E-state index contributed by atoms with van der Waals surface area (Å²) in [7, 11) is 0. The van der Waals surface area contributed by atoms with Gasteiger partial charge in [-0.05, 0) is 75.8 Å².